The summed E-state index contributed by atoms with van der Waals surface area (Å²) < 4.78 is 14.0. The smallest absolute Gasteiger partial charge is 0.357 e. The summed E-state index contributed by atoms with van der Waals surface area (Å²) in [6, 6.07) is 6.03. The van der Waals surface area contributed by atoms with E-state index in [0.717, 1.165) is 16.4 Å². The molecular weight excluding hydrogens is 279 g/mol. The summed E-state index contributed by atoms with van der Waals surface area (Å²) in [5.74, 6) is -1.29. The second-order valence-electron chi connectivity index (χ2n) is 4.40. The summed E-state index contributed by atoms with van der Waals surface area (Å²) in [5, 5.41) is 17.1. The van der Waals surface area contributed by atoms with Gasteiger partial charge >= 0.3 is 5.82 Å². The van der Waals surface area contributed by atoms with E-state index in [2.05, 4.69) is 10.4 Å². The van der Waals surface area contributed by atoms with E-state index in [1.165, 1.54) is 19.2 Å². The van der Waals surface area contributed by atoms with E-state index in [9.17, 15) is 19.3 Å². The van der Waals surface area contributed by atoms with Crippen molar-refractivity contribution in [3.63, 3.8) is 0 Å². The van der Waals surface area contributed by atoms with Crippen LogP contribution in [-0.2, 0) is 13.5 Å². The van der Waals surface area contributed by atoms with Gasteiger partial charge in [-0.2, -0.15) is 0 Å². The van der Waals surface area contributed by atoms with Crippen molar-refractivity contribution in [2.24, 2.45) is 7.05 Å². The summed E-state index contributed by atoms with van der Waals surface area (Å²) in [6.45, 7) is 0.244. The van der Waals surface area contributed by atoms with Crippen molar-refractivity contribution >= 4 is 11.7 Å². The van der Waals surface area contributed by atoms with Gasteiger partial charge in [-0.3, -0.25) is 4.79 Å². The molecule has 1 aromatic carbocycles. The van der Waals surface area contributed by atoms with E-state index in [0.29, 0.717) is 6.42 Å². The third-order valence-electron chi connectivity index (χ3n) is 2.91. The average Bonchev–Trinajstić information content (AvgIpc) is 2.81. The molecule has 21 heavy (non-hydrogen) atoms. The van der Waals surface area contributed by atoms with E-state index < -0.39 is 10.8 Å². The molecule has 1 heterocycles. The Morgan fingerprint density at radius 2 is 2.29 bits per heavy atom. The van der Waals surface area contributed by atoms with Crippen LogP contribution in [0.4, 0.5) is 10.2 Å². The summed E-state index contributed by atoms with van der Waals surface area (Å²) in [5.41, 5.74) is 0.637. The molecule has 0 spiro atoms. The van der Waals surface area contributed by atoms with Gasteiger partial charge in [-0.05, 0) is 29.0 Å². The van der Waals surface area contributed by atoms with E-state index in [1.807, 2.05) is 0 Å². The van der Waals surface area contributed by atoms with Gasteiger partial charge in [0, 0.05) is 6.54 Å². The lowest BCUT2D eigenvalue weighted by Gasteiger charge is -2.04. The molecule has 0 atom stereocenters. The Morgan fingerprint density at radius 3 is 2.95 bits per heavy atom. The highest BCUT2D eigenvalue weighted by molar-refractivity contribution is 5.97. The van der Waals surface area contributed by atoms with Gasteiger partial charge in [-0.25, -0.2) is 4.39 Å². The number of rotatable bonds is 5. The number of carbonyl (C=O) groups excluding carboxylic acids is 1. The summed E-state index contributed by atoms with van der Waals surface area (Å²) in [7, 11) is 1.39. The average molecular weight is 292 g/mol. The standard InChI is InChI=1S/C13H13FN4O3/c1-17-13(18(20)21)11(8-16-17)12(19)15-6-5-9-3-2-4-10(14)7-9/h2-4,7-8H,5-6H2,1H3,(H,15,19). The van der Waals surface area contributed by atoms with Crippen molar-refractivity contribution in [3.05, 3.63) is 57.5 Å². The summed E-state index contributed by atoms with van der Waals surface area (Å²) >= 11 is 0. The molecule has 2 aromatic rings. The molecule has 8 heteroatoms. The predicted molar refractivity (Wildman–Crippen MR) is 72.3 cm³/mol. The molecule has 2 rings (SSSR count). The molecule has 0 unspecified atom stereocenters. The van der Waals surface area contributed by atoms with E-state index in [1.54, 1.807) is 12.1 Å². The second-order valence-corrected chi connectivity index (χ2v) is 4.40. The zero-order valence-corrected chi connectivity index (χ0v) is 11.2. The summed E-state index contributed by atoms with van der Waals surface area (Å²) in [4.78, 5) is 22.1. The minimum Gasteiger partial charge on any atom is -0.358 e. The van der Waals surface area contributed by atoms with Crippen molar-refractivity contribution in [2.75, 3.05) is 6.54 Å². The fourth-order valence-electron chi connectivity index (χ4n) is 1.92. The molecule has 110 valence electrons. The predicted octanol–water partition coefficient (Wildman–Crippen LogP) is 1.44. The lowest BCUT2D eigenvalue weighted by atomic mass is 10.1. The molecule has 0 saturated heterocycles. The van der Waals surface area contributed by atoms with Crippen LogP contribution in [-0.4, -0.2) is 27.2 Å². The zero-order chi connectivity index (χ0) is 15.4. The van der Waals surface area contributed by atoms with E-state index >= 15 is 0 Å². The maximum Gasteiger partial charge on any atom is 0.357 e. The first-order chi connectivity index (χ1) is 9.99. The third kappa shape index (κ3) is 3.41. The number of nitrogens with one attached hydrogen (secondary N) is 1. The number of halogens is 1. The van der Waals surface area contributed by atoms with Gasteiger partial charge in [0.15, 0.2) is 5.56 Å². The van der Waals surface area contributed by atoms with Gasteiger partial charge in [0.25, 0.3) is 5.91 Å². The molecule has 0 aliphatic carbocycles. The first-order valence-corrected chi connectivity index (χ1v) is 6.18. The Bertz CT molecular complexity index is 684. The number of aryl methyl sites for hydroxylation is 1. The van der Waals surface area contributed by atoms with Crippen LogP contribution in [0.25, 0.3) is 0 Å². The number of benzene rings is 1. The molecule has 0 fully saturated rings. The number of amides is 1. The van der Waals surface area contributed by atoms with E-state index in [-0.39, 0.29) is 23.7 Å². The van der Waals surface area contributed by atoms with Crippen molar-refractivity contribution < 1.29 is 14.1 Å². The SMILES string of the molecule is Cn1ncc(C(=O)NCCc2cccc(F)c2)c1[N+](=O)[O-]. The highest BCUT2D eigenvalue weighted by atomic mass is 19.1. The molecule has 0 aliphatic heterocycles. The number of nitrogens with zero attached hydrogens (tertiary/aromatic N) is 3. The van der Waals surface area contributed by atoms with Gasteiger partial charge in [-0.1, -0.05) is 17.2 Å². The Balaban J connectivity index is 1.98. The molecule has 0 aliphatic rings. The number of nitro groups is 1. The van der Waals surface area contributed by atoms with Crippen molar-refractivity contribution in [3.8, 4) is 0 Å². The van der Waals surface area contributed by atoms with Crippen LogP contribution in [0.2, 0.25) is 0 Å². The highest BCUT2D eigenvalue weighted by Gasteiger charge is 2.24. The largest absolute Gasteiger partial charge is 0.358 e. The molecule has 0 radical (unpaired) electrons. The van der Waals surface area contributed by atoms with Crippen LogP contribution in [0.1, 0.15) is 15.9 Å². The third-order valence-corrected chi connectivity index (χ3v) is 2.91. The Labute approximate surface area is 119 Å². The minimum absolute atomic E-state index is 0.0956. The van der Waals surface area contributed by atoms with Crippen LogP contribution in [0.5, 0.6) is 0 Å². The van der Waals surface area contributed by atoms with Crippen LogP contribution in [0, 0.1) is 15.9 Å². The number of hydrogen-bond acceptors (Lipinski definition) is 4. The van der Waals surface area contributed by atoms with Crippen LogP contribution in [0.3, 0.4) is 0 Å². The Hall–Kier alpha value is -2.77. The number of hydrogen-bond donors (Lipinski definition) is 1. The topological polar surface area (TPSA) is 90.1 Å². The zero-order valence-electron chi connectivity index (χ0n) is 11.2. The second kappa shape index (κ2) is 6.12. The number of carbonyl (C=O) groups is 1. The fraction of sp³-hybridized carbons (Fsp3) is 0.231. The van der Waals surface area contributed by atoms with Gasteiger partial charge in [0.1, 0.15) is 12.9 Å². The van der Waals surface area contributed by atoms with Gasteiger partial charge in [0.2, 0.25) is 0 Å². The maximum atomic E-state index is 13.0. The maximum absolute atomic E-state index is 13.0. The first kappa shape index (κ1) is 14.6. The molecular formula is C13H13FN4O3. The molecule has 1 amide bonds. The van der Waals surface area contributed by atoms with Crippen LogP contribution < -0.4 is 5.32 Å². The molecule has 0 saturated carbocycles. The van der Waals surface area contributed by atoms with Crippen LogP contribution >= 0.6 is 0 Å². The Morgan fingerprint density at radius 1 is 1.52 bits per heavy atom. The first-order valence-electron chi connectivity index (χ1n) is 6.18. The van der Waals surface area contributed by atoms with Crippen LogP contribution in [0.15, 0.2) is 30.5 Å². The quantitative estimate of drug-likeness (QED) is 0.667. The lowest BCUT2D eigenvalue weighted by molar-refractivity contribution is -0.392. The fourth-order valence-corrected chi connectivity index (χ4v) is 1.92. The van der Waals surface area contributed by atoms with Crippen molar-refractivity contribution in [1.82, 2.24) is 15.1 Å². The Kier molecular flexibility index (Phi) is 4.27. The normalized spacial score (nSPS) is 10.4. The monoisotopic (exact) mass is 292 g/mol. The van der Waals surface area contributed by atoms with E-state index in [4.69, 9.17) is 0 Å². The highest BCUT2D eigenvalue weighted by Crippen LogP contribution is 2.16. The van der Waals surface area contributed by atoms with Gasteiger partial charge < -0.3 is 15.4 Å². The van der Waals surface area contributed by atoms with Gasteiger partial charge in [-0.15, -0.1) is 4.68 Å². The van der Waals surface area contributed by atoms with Crippen molar-refractivity contribution in [2.45, 2.75) is 6.42 Å². The van der Waals surface area contributed by atoms with Gasteiger partial charge in [0.05, 0.1) is 6.20 Å². The number of aromatic nitrogens is 2. The molecule has 0 bridgehead atoms. The summed E-state index contributed by atoms with van der Waals surface area (Å²) in [6.07, 6.45) is 1.58. The molecule has 7 nitrogen and oxygen atoms in total. The molecule has 1 N–H and O–H groups in total. The lowest BCUT2D eigenvalue weighted by Crippen LogP contribution is -2.26. The van der Waals surface area contributed by atoms with Crippen molar-refractivity contribution in [1.29, 1.82) is 0 Å². The molecule has 1 aromatic heterocycles. The minimum atomic E-state index is -0.658.